The highest BCUT2D eigenvalue weighted by Gasteiger charge is 2.20. The van der Waals surface area contributed by atoms with Gasteiger partial charge >= 0.3 is 6.03 Å². The molecule has 1 aliphatic rings. The van der Waals surface area contributed by atoms with Crippen molar-refractivity contribution < 1.29 is 18.8 Å². The second-order valence-electron chi connectivity index (χ2n) is 9.88. The van der Waals surface area contributed by atoms with Crippen molar-refractivity contribution in [2.24, 2.45) is 0 Å². The van der Waals surface area contributed by atoms with Gasteiger partial charge in [0.25, 0.3) is 0 Å². The Morgan fingerprint density at radius 2 is 1.86 bits per heavy atom. The van der Waals surface area contributed by atoms with Crippen molar-refractivity contribution in [3.63, 3.8) is 0 Å². The van der Waals surface area contributed by atoms with Crippen LogP contribution in [0.25, 0.3) is 16.9 Å². The van der Waals surface area contributed by atoms with Crippen LogP contribution in [0.4, 0.5) is 16.3 Å². The lowest BCUT2D eigenvalue weighted by Gasteiger charge is -2.26. The van der Waals surface area contributed by atoms with E-state index in [2.05, 4.69) is 30.8 Å². The maximum atomic E-state index is 12.4. The minimum absolute atomic E-state index is 0.190. The first-order valence-corrected chi connectivity index (χ1v) is 12.3. The molecule has 2 N–H and O–H groups in total. The molecule has 2 amide bonds. The highest BCUT2D eigenvalue weighted by atomic mass is 16.5. The third-order valence-electron chi connectivity index (χ3n) is 5.99. The Labute approximate surface area is 214 Å². The molecule has 0 bridgehead atoms. The number of carbonyl (C=O) groups is 1. The number of carbonyl (C=O) groups excluding carboxylic acids is 1. The summed E-state index contributed by atoms with van der Waals surface area (Å²) in [6, 6.07) is 12.5. The predicted molar refractivity (Wildman–Crippen MR) is 139 cm³/mol. The first kappa shape index (κ1) is 24.7. The molecule has 1 fully saturated rings. The van der Waals surface area contributed by atoms with E-state index < -0.39 is 6.03 Å². The first-order chi connectivity index (χ1) is 17.8. The van der Waals surface area contributed by atoms with Gasteiger partial charge in [-0.2, -0.15) is 10.1 Å². The van der Waals surface area contributed by atoms with Gasteiger partial charge in [0.1, 0.15) is 12.4 Å². The fourth-order valence-electron chi connectivity index (χ4n) is 3.88. The number of nitrogens with one attached hydrogen (secondary N) is 2. The Hall–Kier alpha value is -3.96. The van der Waals surface area contributed by atoms with Crippen molar-refractivity contribution in [1.82, 2.24) is 24.7 Å². The van der Waals surface area contributed by atoms with Crippen LogP contribution in [0.2, 0.25) is 0 Å². The van der Waals surface area contributed by atoms with Crippen LogP contribution in [-0.4, -0.2) is 70.1 Å². The third kappa shape index (κ3) is 6.25. The Kier molecular flexibility index (Phi) is 7.06. The average Bonchev–Trinajstić information content (AvgIpc) is 3.52. The predicted octanol–water partition coefficient (Wildman–Crippen LogP) is 4.04. The standard InChI is InChI=1S/C26H31N7O4/c1-26(2,3)21-17-22(31-37-21)28-25(34)27-19-6-4-18(5-7-19)20-16-23-29-24(8-9-33(23)30-20)36-15-12-32-10-13-35-14-11-32/h4-9,16-17H,10-15H2,1-3H3,(H2,27,28,31,34). The van der Waals surface area contributed by atoms with Gasteiger partial charge < -0.3 is 19.3 Å². The summed E-state index contributed by atoms with van der Waals surface area (Å²) in [6.45, 7) is 10.9. The monoisotopic (exact) mass is 505 g/mol. The minimum Gasteiger partial charge on any atom is -0.476 e. The number of rotatable bonds is 7. The van der Waals surface area contributed by atoms with Gasteiger partial charge in [-0.15, -0.1) is 0 Å². The quantitative estimate of drug-likeness (QED) is 0.386. The Bertz CT molecular complexity index is 1350. The number of morpholine rings is 1. The lowest BCUT2D eigenvalue weighted by molar-refractivity contribution is 0.0320. The summed E-state index contributed by atoms with van der Waals surface area (Å²) in [5, 5.41) is 14.0. The van der Waals surface area contributed by atoms with Crippen molar-refractivity contribution in [1.29, 1.82) is 0 Å². The van der Waals surface area contributed by atoms with Crippen molar-refractivity contribution in [2.45, 2.75) is 26.2 Å². The number of aromatic nitrogens is 4. The molecule has 0 saturated carbocycles. The number of hydrogen-bond acceptors (Lipinski definition) is 8. The van der Waals surface area contributed by atoms with Gasteiger partial charge in [-0.1, -0.05) is 38.1 Å². The highest BCUT2D eigenvalue weighted by molar-refractivity contribution is 5.99. The van der Waals surface area contributed by atoms with Crippen LogP contribution in [0.1, 0.15) is 26.5 Å². The zero-order valence-corrected chi connectivity index (χ0v) is 21.2. The normalized spacial score (nSPS) is 14.6. The molecule has 4 aromatic rings. The molecule has 37 heavy (non-hydrogen) atoms. The number of benzene rings is 1. The zero-order valence-electron chi connectivity index (χ0n) is 21.2. The van der Waals surface area contributed by atoms with Crippen molar-refractivity contribution in [2.75, 3.05) is 50.1 Å². The van der Waals surface area contributed by atoms with Crippen molar-refractivity contribution in [3.05, 3.63) is 54.4 Å². The topological polar surface area (TPSA) is 119 Å². The van der Waals surface area contributed by atoms with E-state index in [1.54, 1.807) is 10.6 Å². The van der Waals surface area contributed by atoms with Gasteiger partial charge in [0, 0.05) is 60.7 Å². The van der Waals surface area contributed by atoms with Gasteiger partial charge in [-0.05, 0) is 12.1 Å². The second kappa shape index (κ2) is 10.6. The van der Waals surface area contributed by atoms with Gasteiger partial charge in [0.2, 0.25) is 5.88 Å². The van der Waals surface area contributed by atoms with Gasteiger partial charge in [0.05, 0.1) is 18.9 Å². The van der Waals surface area contributed by atoms with E-state index in [-0.39, 0.29) is 5.41 Å². The number of anilines is 2. The van der Waals surface area contributed by atoms with Crippen LogP contribution in [0, 0.1) is 0 Å². The lowest BCUT2D eigenvalue weighted by atomic mass is 9.93. The van der Waals surface area contributed by atoms with E-state index >= 15 is 0 Å². The van der Waals surface area contributed by atoms with E-state index in [4.69, 9.17) is 14.0 Å². The van der Waals surface area contributed by atoms with E-state index in [1.807, 2.05) is 63.4 Å². The molecule has 1 aliphatic heterocycles. The summed E-state index contributed by atoms with van der Waals surface area (Å²) in [4.78, 5) is 19.3. The fraction of sp³-hybridized carbons (Fsp3) is 0.385. The number of urea groups is 1. The van der Waals surface area contributed by atoms with E-state index in [1.165, 1.54) is 0 Å². The number of fused-ring (bicyclic) bond motifs is 1. The summed E-state index contributed by atoms with van der Waals surface area (Å²) in [5.74, 6) is 1.63. The molecule has 1 saturated heterocycles. The molecule has 4 heterocycles. The van der Waals surface area contributed by atoms with Crippen LogP contribution in [-0.2, 0) is 10.2 Å². The van der Waals surface area contributed by atoms with Gasteiger partial charge in [0.15, 0.2) is 11.5 Å². The molecule has 0 unspecified atom stereocenters. The molecule has 11 heteroatoms. The van der Waals surface area contributed by atoms with Crippen LogP contribution in [0.15, 0.2) is 53.2 Å². The van der Waals surface area contributed by atoms with E-state index in [0.29, 0.717) is 35.4 Å². The lowest BCUT2D eigenvalue weighted by Crippen LogP contribution is -2.38. The molecule has 0 atom stereocenters. The summed E-state index contributed by atoms with van der Waals surface area (Å²) in [5.41, 5.74) is 2.81. The summed E-state index contributed by atoms with van der Waals surface area (Å²) in [7, 11) is 0. The summed E-state index contributed by atoms with van der Waals surface area (Å²) >= 11 is 0. The maximum absolute atomic E-state index is 12.4. The summed E-state index contributed by atoms with van der Waals surface area (Å²) in [6.07, 6.45) is 1.84. The Balaban J connectivity index is 1.17. The largest absolute Gasteiger partial charge is 0.476 e. The van der Waals surface area contributed by atoms with Crippen LogP contribution in [0.5, 0.6) is 5.88 Å². The van der Waals surface area contributed by atoms with E-state index in [9.17, 15) is 4.79 Å². The molecule has 5 rings (SSSR count). The van der Waals surface area contributed by atoms with Gasteiger partial charge in [-0.3, -0.25) is 10.2 Å². The molecule has 3 aromatic heterocycles. The average molecular weight is 506 g/mol. The van der Waals surface area contributed by atoms with Crippen LogP contribution >= 0.6 is 0 Å². The minimum atomic E-state index is -0.403. The number of ether oxygens (including phenoxy) is 2. The van der Waals surface area contributed by atoms with Crippen molar-refractivity contribution >= 4 is 23.2 Å². The number of amides is 2. The Morgan fingerprint density at radius 1 is 1.08 bits per heavy atom. The maximum Gasteiger partial charge on any atom is 0.324 e. The molecule has 0 radical (unpaired) electrons. The summed E-state index contributed by atoms with van der Waals surface area (Å²) < 4.78 is 18.2. The molecule has 194 valence electrons. The molecular weight excluding hydrogens is 474 g/mol. The smallest absolute Gasteiger partial charge is 0.324 e. The number of nitrogens with zero attached hydrogens (tertiary/aromatic N) is 5. The van der Waals surface area contributed by atoms with Crippen molar-refractivity contribution in [3.8, 4) is 17.1 Å². The second-order valence-corrected chi connectivity index (χ2v) is 9.88. The number of hydrogen-bond donors (Lipinski definition) is 2. The molecular formula is C26H31N7O4. The Morgan fingerprint density at radius 3 is 2.59 bits per heavy atom. The SMILES string of the molecule is CC(C)(C)c1cc(NC(=O)Nc2ccc(-c3cc4nc(OCCN5CCOCC5)ccn4n3)cc2)no1. The fourth-order valence-corrected chi connectivity index (χ4v) is 3.88. The molecule has 11 nitrogen and oxygen atoms in total. The van der Waals surface area contributed by atoms with Gasteiger partial charge in [-0.25, -0.2) is 9.31 Å². The first-order valence-electron chi connectivity index (χ1n) is 12.3. The molecule has 0 aliphatic carbocycles. The molecule has 1 aromatic carbocycles. The van der Waals surface area contributed by atoms with Crippen LogP contribution < -0.4 is 15.4 Å². The zero-order chi connectivity index (χ0) is 25.8. The van der Waals surface area contributed by atoms with E-state index in [0.717, 1.165) is 44.1 Å². The van der Waals surface area contributed by atoms with Crippen LogP contribution in [0.3, 0.4) is 0 Å². The molecule has 0 spiro atoms. The third-order valence-corrected chi connectivity index (χ3v) is 5.99. The highest BCUT2D eigenvalue weighted by Crippen LogP contribution is 2.25.